The Morgan fingerprint density at radius 1 is 1.35 bits per heavy atom. The minimum absolute atomic E-state index is 0.0629. The molecule has 3 unspecified atom stereocenters. The molecular weight excluding hydrogens is 260 g/mol. The van der Waals surface area contributed by atoms with Crippen molar-refractivity contribution in [2.24, 2.45) is 17.3 Å². The summed E-state index contributed by atoms with van der Waals surface area (Å²) in [6, 6.07) is -0.645. The quantitative estimate of drug-likeness (QED) is 0.555. The molecule has 20 heavy (non-hydrogen) atoms. The van der Waals surface area contributed by atoms with Gasteiger partial charge in [-0.3, -0.25) is 19.3 Å². The second kappa shape index (κ2) is 5.16. The molecule has 0 aromatic heterocycles. The number of amides is 2. The third-order valence-corrected chi connectivity index (χ3v) is 4.38. The van der Waals surface area contributed by atoms with E-state index >= 15 is 0 Å². The number of hydrogen-bond acceptors (Lipinski definition) is 5. The Labute approximate surface area is 118 Å². The van der Waals surface area contributed by atoms with Crippen LogP contribution < -0.4 is 5.32 Å². The Morgan fingerprint density at radius 3 is 2.35 bits per heavy atom. The fraction of sp³-hybridized carbons (Fsp3) is 0.786. The van der Waals surface area contributed by atoms with Crippen molar-refractivity contribution < 1.29 is 19.1 Å². The Morgan fingerprint density at radius 2 is 1.90 bits per heavy atom. The van der Waals surface area contributed by atoms with Crippen molar-refractivity contribution in [2.45, 2.75) is 33.2 Å². The molecule has 2 fully saturated rings. The maximum Gasteiger partial charge on any atom is 0.324 e. The summed E-state index contributed by atoms with van der Waals surface area (Å²) in [6.45, 7) is 6.54. The number of rotatable bonds is 6. The Hall–Kier alpha value is -1.43. The van der Waals surface area contributed by atoms with Crippen molar-refractivity contribution >= 4 is 17.8 Å². The van der Waals surface area contributed by atoms with Gasteiger partial charge in [0, 0.05) is 0 Å². The highest BCUT2D eigenvalue weighted by atomic mass is 16.5. The summed E-state index contributed by atoms with van der Waals surface area (Å²) in [6.07, 6.45) is 0.855. The topological polar surface area (TPSA) is 75.7 Å². The van der Waals surface area contributed by atoms with Crippen LogP contribution in [0.2, 0.25) is 0 Å². The molecule has 0 bridgehead atoms. The van der Waals surface area contributed by atoms with Crippen LogP contribution in [0.15, 0.2) is 0 Å². The fourth-order valence-corrected chi connectivity index (χ4v) is 3.05. The van der Waals surface area contributed by atoms with Gasteiger partial charge in [0.2, 0.25) is 11.8 Å². The molecule has 1 N–H and O–H groups in total. The van der Waals surface area contributed by atoms with Gasteiger partial charge in [0.05, 0.1) is 25.5 Å². The first-order valence-corrected chi connectivity index (χ1v) is 7.02. The largest absolute Gasteiger partial charge is 0.468 e. The van der Waals surface area contributed by atoms with Crippen LogP contribution in [0.1, 0.15) is 27.2 Å². The van der Waals surface area contributed by atoms with Crippen LogP contribution in [0.3, 0.4) is 0 Å². The number of imide groups is 1. The van der Waals surface area contributed by atoms with E-state index in [4.69, 9.17) is 4.74 Å². The van der Waals surface area contributed by atoms with Gasteiger partial charge in [0.1, 0.15) is 6.04 Å². The number of carbonyl (C=O) groups is 3. The molecule has 6 heteroatoms. The zero-order valence-electron chi connectivity index (χ0n) is 12.4. The molecule has 2 amide bonds. The number of carbonyl (C=O) groups excluding carboxylic acids is 3. The van der Waals surface area contributed by atoms with Gasteiger partial charge in [0.25, 0.3) is 0 Å². The van der Waals surface area contributed by atoms with E-state index in [1.54, 1.807) is 0 Å². The summed E-state index contributed by atoms with van der Waals surface area (Å²) in [5.74, 6) is -1.17. The Kier molecular flexibility index (Phi) is 3.86. The van der Waals surface area contributed by atoms with Crippen LogP contribution in [-0.2, 0) is 19.1 Å². The zero-order chi connectivity index (χ0) is 15.1. The molecule has 2 aliphatic rings. The Balaban J connectivity index is 2.03. The fourth-order valence-electron chi connectivity index (χ4n) is 3.05. The molecule has 0 aromatic rings. The molecule has 1 aliphatic heterocycles. The van der Waals surface area contributed by atoms with Gasteiger partial charge in [-0.25, -0.2) is 0 Å². The van der Waals surface area contributed by atoms with Crippen LogP contribution in [-0.4, -0.2) is 48.9 Å². The normalized spacial score (nSPS) is 28.3. The van der Waals surface area contributed by atoms with Gasteiger partial charge in [-0.1, -0.05) is 20.8 Å². The summed E-state index contributed by atoms with van der Waals surface area (Å²) in [5, 5.41) is 3.02. The first kappa shape index (κ1) is 15.0. The first-order chi connectivity index (χ1) is 9.36. The van der Waals surface area contributed by atoms with Crippen molar-refractivity contribution in [3.05, 3.63) is 0 Å². The number of nitrogens with one attached hydrogen (secondary N) is 1. The van der Waals surface area contributed by atoms with Crippen molar-refractivity contribution in [1.82, 2.24) is 10.2 Å². The molecule has 1 saturated heterocycles. The molecule has 112 valence electrons. The molecule has 6 nitrogen and oxygen atoms in total. The lowest BCUT2D eigenvalue weighted by Crippen LogP contribution is -2.50. The van der Waals surface area contributed by atoms with Gasteiger partial charge in [-0.15, -0.1) is 0 Å². The molecule has 0 aromatic carbocycles. The SMILES string of the molecule is CCCNC(CN1C(=O)C2C(C1=O)C2(C)C)C(=O)OC. The summed E-state index contributed by atoms with van der Waals surface area (Å²) >= 11 is 0. The van der Waals surface area contributed by atoms with E-state index in [-0.39, 0.29) is 35.6 Å². The smallest absolute Gasteiger partial charge is 0.324 e. The lowest BCUT2D eigenvalue weighted by Gasteiger charge is -2.25. The third kappa shape index (κ3) is 2.22. The monoisotopic (exact) mass is 282 g/mol. The lowest BCUT2D eigenvalue weighted by molar-refractivity contribution is -0.147. The van der Waals surface area contributed by atoms with E-state index < -0.39 is 12.0 Å². The second-order valence-corrected chi connectivity index (χ2v) is 6.09. The van der Waals surface area contributed by atoms with Gasteiger partial charge < -0.3 is 10.1 Å². The number of esters is 1. The molecule has 3 atom stereocenters. The van der Waals surface area contributed by atoms with Crippen LogP contribution in [0.25, 0.3) is 0 Å². The van der Waals surface area contributed by atoms with E-state index in [1.165, 1.54) is 12.0 Å². The summed E-state index contributed by atoms with van der Waals surface area (Å²) < 4.78 is 4.72. The minimum Gasteiger partial charge on any atom is -0.468 e. The van der Waals surface area contributed by atoms with Gasteiger partial charge >= 0.3 is 5.97 Å². The van der Waals surface area contributed by atoms with E-state index in [2.05, 4.69) is 5.32 Å². The summed E-state index contributed by atoms with van der Waals surface area (Å²) in [4.78, 5) is 37.4. The maximum absolute atomic E-state index is 12.2. The first-order valence-electron chi connectivity index (χ1n) is 7.02. The van der Waals surface area contributed by atoms with Crippen molar-refractivity contribution in [3.63, 3.8) is 0 Å². The van der Waals surface area contributed by atoms with Crippen molar-refractivity contribution in [2.75, 3.05) is 20.2 Å². The average molecular weight is 282 g/mol. The van der Waals surface area contributed by atoms with E-state index in [0.29, 0.717) is 6.54 Å². The highest BCUT2D eigenvalue weighted by Crippen LogP contribution is 2.63. The molecule has 1 saturated carbocycles. The van der Waals surface area contributed by atoms with Crippen LogP contribution >= 0.6 is 0 Å². The molecule has 1 heterocycles. The third-order valence-electron chi connectivity index (χ3n) is 4.38. The van der Waals surface area contributed by atoms with E-state index in [1.807, 2.05) is 20.8 Å². The van der Waals surface area contributed by atoms with Crippen LogP contribution in [0.5, 0.6) is 0 Å². The predicted octanol–water partition coefficient (Wildman–Crippen LogP) is 0.169. The summed E-state index contributed by atoms with van der Waals surface area (Å²) in [5.41, 5.74) is -0.220. The van der Waals surface area contributed by atoms with Crippen molar-refractivity contribution in [3.8, 4) is 0 Å². The standard InChI is InChI=1S/C14H22N2O4/c1-5-6-15-8(13(19)20-4)7-16-11(17)9-10(12(16)18)14(9,2)3/h8-10,15H,5-7H2,1-4H3. The van der Waals surface area contributed by atoms with Crippen LogP contribution in [0, 0.1) is 17.3 Å². The molecule has 2 rings (SSSR count). The molecular formula is C14H22N2O4. The van der Waals surface area contributed by atoms with Crippen molar-refractivity contribution in [1.29, 1.82) is 0 Å². The predicted molar refractivity (Wildman–Crippen MR) is 71.6 cm³/mol. The van der Waals surface area contributed by atoms with Gasteiger partial charge in [-0.2, -0.15) is 0 Å². The van der Waals surface area contributed by atoms with E-state index in [9.17, 15) is 14.4 Å². The number of piperidine rings is 1. The number of fused-ring (bicyclic) bond motifs is 1. The molecule has 0 radical (unpaired) electrons. The Bertz CT molecular complexity index is 422. The lowest BCUT2D eigenvalue weighted by atomic mass is 10.1. The number of methoxy groups -OCH3 is 1. The highest BCUT2D eigenvalue weighted by molar-refractivity contribution is 6.10. The number of nitrogens with zero attached hydrogens (tertiary/aromatic N) is 1. The number of ether oxygens (including phenoxy) is 1. The van der Waals surface area contributed by atoms with E-state index in [0.717, 1.165) is 6.42 Å². The molecule has 1 aliphatic carbocycles. The summed E-state index contributed by atoms with van der Waals surface area (Å²) in [7, 11) is 1.30. The van der Waals surface area contributed by atoms with Crippen LogP contribution in [0.4, 0.5) is 0 Å². The van der Waals surface area contributed by atoms with Gasteiger partial charge in [-0.05, 0) is 18.4 Å². The number of likely N-dealkylation sites (tertiary alicyclic amines) is 1. The zero-order valence-corrected chi connectivity index (χ0v) is 12.4. The number of hydrogen-bond donors (Lipinski definition) is 1. The second-order valence-electron chi connectivity index (χ2n) is 6.09. The highest BCUT2D eigenvalue weighted by Gasteiger charge is 2.72. The average Bonchev–Trinajstić information content (AvgIpc) is 2.88. The maximum atomic E-state index is 12.2. The van der Waals surface area contributed by atoms with Gasteiger partial charge in [0.15, 0.2) is 0 Å². The molecule has 0 spiro atoms. The minimum atomic E-state index is -0.645.